The van der Waals surface area contributed by atoms with Gasteiger partial charge in [0.1, 0.15) is 0 Å². The van der Waals surface area contributed by atoms with Crippen molar-refractivity contribution in [3.05, 3.63) is 46.6 Å². The summed E-state index contributed by atoms with van der Waals surface area (Å²) >= 11 is 0. The molecule has 7 nitrogen and oxygen atoms in total. The van der Waals surface area contributed by atoms with Crippen LogP contribution in [0.3, 0.4) is 0 Å². The number of H-pyrrole nitrogens is 1. The first-order valence-corrected chi connectivity index (χ1v) is 6.99. The summed E-state index contributed by atoms with van der Waals surface area (Å²) in [7, 11) is 0. The van der Waals surface area contributed by atoms with Gasteiger partial charge in [0.15, 0.2) is 5.82 Å². The van der Waals surface area contributed by atoms with Gasteiger partial charge in [-0.3, -0.25) is 9.89 Å². The fraction of sp³-hybridized carbons (Fsp3) is 0.267. The van der Waals surface area contributed by atoms with Gasteiger partial charge in [0, 0.05) is 5.56 Å². The van der Waals surface area contributed by atoms with Crippen LogP contribution in [0.15, 0.2) is 24.3 Å². The van der Waals surface area contributed by atoms with Gasteiger partial charge in [0.2, 0.25) is 5.91 Å². The molecule has 1 aliphatic heterocycles. The molecule has 114 valence electrons. The molecule has 0 aliphatic carbocycles. The number of aromatic nitrogens is 2. The summed E-state index contributed by atoms with van der Waals surface area (Å²) in [4.78, 5) is 24.8. The average molecular weight is 299 g/mol. The Balaban J connectivity index is 1.66. The minimum absolute atomic E-state index is 0.143. The molecule has 22 heavy (non-hydrogen) atoms. The van der Waals surface area contributed by atoms with Gasteiger partial charge >= 0.3 is 6.03 Å². The summed E-state index contributed by atoms with van der Waals surface area (Å²) in [5.41, 5.74) is 8.99. The number of urea groups is 1. The molecule has 1 aromatic heterocycles. The van der Waals surface area contributed by atoms with Gasteiger partial charge in [-0.25, -0.2) is 4.79 Å². The Morgan fingerprint density at radius 3 is 2.73 bits per heavy atom. The molecule has 3 amide bonds. The van der Waals surface area contributed by atoms with Crippen LogP contribution in [-0.4, -0.2) is 27.0 Å². The van der Waals surface area contributed by atoms with E-state index in [1.54, 1.807) is 0 Å². The average Bonchev–Trinajstić information content (AvgIpc) is 3.04. The van der Waals surface area contributed by atoms with Crippen LogP contribution in [-0.2, 0) is 24.3 Å². The number of rotatable bonds is 3. The zero-order chi connectivity index (χ0) is 15.7. The molecular weight excluding hydrogens is 282 g/mol. The van der Waals surface area contributed by atoms with E-state index >= 15 is 0 Å². The Bertz CT molecular complexity index is 720. The number of primary amides is 1. The fourth-order valence-electron chi connectivity index (χ4n) is 2.47. The van der Waals surface area contributed by atoms with Crippen molar-refractivity contribution in [1.29, 1.82) is 0 Å². The van der Waals surface area contributed by atoms with Gasteiger partial charge in [-0.2, -0.15) is 5.10 Å². The molecule has 7 heteroatoms. The van der Waals surface area contributed by atoms with Crippen LogP contribution in [0.1, 0.15) is 22.4 Å². The van der Waals surface area contributed by atoms with E-state index in [0.29, 0.717) is 18.9 Å². The predicted molar refractivity (Wildman–Crippen MR) is 80.9 cm³/mol. The zero-order valence-corrected chi connectivity index (χ0v) is 12.2. The van der Waals surface area contributed by atoms with E-state index in [4.69, 9.17) is 5.73 Å². The van der Waals surface area contributed by atoms with Crippen LogP contribution >= 0.6 is 0 Å². The molecule has 1 aromatic carbocycles. The van der Waals surface area contributed by atoms with E-state index < -0.39 is 6.03 Å². The van der Waals surface area contributed by atoms with Crippen molar-refractivity contribution in [2.75, 3.05) is 5.32 Å². The first kappa shape index (κ1) is 14.1. The van der Waals surface area contributed by atoms with Crippen LogP contribution in [0.5, 0.6) is 0 Å². The van der Waals surface area contributed by atoms with Crippen LogP contribution in [0, 0.1) is 6.92 Å². The normalized spacial score (nSPS) is 13.0. The molecular formula is C15H17N5O2. The molecule has 0 bridgehead atoms. The Hall–Kier alpha value is -2.83. The van der Waals surface area contributed by atoms with Crippen molar-refractivity contribution < 1.29 is 9.59 Å². The fourth-order valence-corrected chi connectivity index (χ4v) is 2.47. The molecule has 0 radical (unpaired) electrons. The summed E-state index contributed by atoms with van der Waals surface area (Å²) in [5, 5.41) is 9.71. The van der Waals surface area contributed by atoms with Crippen LogP contribution < -0.4 is 11.1 Å². The van der Waals surface area contributed by atoms with Crippen LogP contribution in [0.2, 0.25) is 0 Å². The molecule has 0 atom stereocenters. The first-order chi connectivity index (χ1) is 10.5. The van der Waals surface area contributed by atoms with Gasteiger partial charge in [0.25, 0.3) is 0 Å². The molecule has 0 saturated heterocycles. The number of benzene rings is 1. The molecule has 2 aromatic rings. The largest absolute Gasteiger partial charge is 0.351 e. The van der Waals surface area contributed by atoms with Gasteiger partial charge < -0.3 is 16.0 Å². The van der Waals surface area contributed by atoms with E-state index in [-0.39, 0.29) is 12.3 Å². The number of nitrogens with two attached hydrogens (primary N) is 1. The van der Waals surface area contributed by atoms with E-state index in [0.717, 1.165) is 22.4 Å². The number of carbonyl (C=O) groups excluding carboxylic acids is 2. The van der Waals surface area contributed by atoms with Crippen LogP contribution in [0.4, 0.5) is 10.6 Å². The number of aromatic amines is 1. The summed E-state index contributed by atoms with van der Waals surface area (Å²) < 4.78 is 0. The Morgan fingerprint density at radius 2 is 2.05 bits per heavy atom. The Labute approximate surface area is 127 Å². The van der Waals surface area contributed by atoms with Crippen molar-refractivity contribution in [3.63, 3.8) is 0 Å². The molecule has 3 rings (SSSR count). The maximum atomic E-state index is 12.1. The summed E-state index contributed by atoms with van der Waals surface area (Å²) in [5.74, 6) is 0.325. The molecule has 0 saturated carbocycles. The minimum atomic E-state index is -0.485. The third kappa shape index (κ3) is 2.78. The van der Waals surface area contributed by atoms with E-state index in [2.05, 4.69) is 15.5 Å². The third-order valence-corrected chi connectivity index (χ3v) is 3.71. The number of amides is 3. The molecule has 1 aliphatic rings. The van der Waals surface area contributed by atoms with E-state index in [9.17, 15) is 9.59 Å². The smallest absolute Gasteiger partial charge is 0.315 e. The van der Waals surface area contributed by atoms with Crippen molar-refractivity contribution >= 4 is 17.8 Å². The minimum Gasteiger partial charge on any atom is -0.351 e. The van der Waals surface area contributed by atoms with Gasteiger partial charge in [-0.15, -0.1) is 0 Å². The van der Waals surface area contributed by atoms with Crippen molar-refractivity contribution in [2.45, 2.75) is 26.4 Å². The molecule has 2 heterocycles. The monoisotopic (exact) mass is 299 g/mol. The SMILES string of the molecule is Cc1ccc(CC(=O)Nc2n[nH]c3c2CN(C(N)=O)C3)cc1. The van der Waals surface area contributed by atoms with E-state index in [1.165, 1.54) is 4.90 Å². The molecule has 0 fully saturated rings. The highest BCUT2D eigenvalue weighted by Crippen LogP contribution is 2.26. The number of fused-ring (bicyclic) bond motifs is 1. The number of hydrogen-bond donors (Lipinski definition) is 3. The first-order valence-electron chi connectivity index (χ1n) is 6.99. The third-order valence-electron chi connectivity index (χ3n) is 3.71. The van der Waals surface area contributed by atoms with Gasteiger partial charge in [-0.05, 0) is 12.5 Å². The Kier molecular flexibility index (Phi) is 3.54. The Morgan fingerprint density at radius 1 is 1.32 bits per heavy atom. The zero-order valence-electron chi connectivity index (χ0n) is 12.2. The lowest BCUT2D eigenvalue weighted by Gasteiger charge is -2.11. The number of carbonyl (C=O) groups is 2. The second kappa shape index (κ2) is 5.51. The molecule has 4 N–H and O–H groups in total. The standard InChI is InChI=1S/C15H17N5O2/c1-9-2-4-10(5-3-9)6-13(21)17-14-11-7-20(15(16)22)8-12(11)18-19-14/h2-5H,6-8H2,1H3,(H2,16,22)(H2,17,18,19,21). The van der Waals surface area contributed by atoms with E-state index in [1.807, 2.05) is 31.2 Å². The lowest BCUT2D eigenvalue weighted by atomic mass is 10.1. The van der Waals surface area contributed by atoms with Gasteiger partial charge in [-0.1, -0.05) is 29.8 Å². The highest BCUT2D eigenvalue weighted by molar-refractivity contribution is 5.92. The highest BCUT2D eigenvalue weighted by atomic mass is 16.2. The highest BCUT2D eigenvalue weighted by Gasteiger charge is 2.27. The number of nitrogens with zero attached hydrogens (tertiary/aromatic N) is 2. The quantitative estimate of drug-likeness (QED) is 0.795. The number of aryl methyl sites for hydroxylation is 1. The van der Waals surface area contributed by atoms with Crippen molar-refractivity contribution in [2.24, 2.45) is 5.73 Å². The maximum absolute atomic E-state index is 12.1. The number of anilines is 1. The predicted octanol–water partition coefficient (Wildman–Crippen LogP) is 1.29. The summed E-state index contributed by atoms with van der Waals surface area (Å²) in [6, 6.07) is 7.32. The molecule has 0 spiro atoms. The lowest BCUT2D eigenvalue weighted by molar-refractivity contribution is -0.115. The second-order valence-corrected chi connectivity index (χ2v) is 5.43. The summed E-state index contributed by atoms with van der Waals surface area (Å²) in [6.45, 7) is 2.76. The summed E-state index contributed by atoms with van der Waals surface area (Å²) in [6.07, 6.45) is 0.279. The topological polar surface area (TPSA) is 104 Å². The molecule has 0 unspecified atom stereocenters. The van der Waals surface area contributed by atoms with Crippen molar-refractivity contribution in [1.82, 2.24) is 15.1 Å². The van der Waals surface area contributed by atoms with Gasteiger partial charge in [0.05, 0.1) is 25.2 Å². The maximum Gasteiger partial charge on any atom is 0.315 e. The number of hydrogen-bond acceptors (Lipinski definition) is 3. The second-order valence-electron chi connectivity index (χ2n) is 5.43. The van der Waals surface area contributed by atoms with Crippen LogP contribution in [0.25, 0.3) is 0 Å². The lowest BCUT2D eigenvalue weighted by Crippen LogP contribution is -2.31. The van der Waals surface area contributed by atoms with Crippen molar-refractivity contribution in [3.8, 4) is 0 Å². The number of nitrogens with one attached hydrogen (secondary N) is 2.